The number of ether oxygens (including phenoxy) is 2. The van der Waals surface area contributed by atoms with Crippen LogP contribution in [0.4, 0.5) is 5.69 Å². The molecule has 3 rings (SSSR count). The number of nitro benzene ring substituents is 1. The van der Waals surface area contributed by atoms with Crippen molar-refractivity contribution in [2.75, 3.05) is 13.7 Å². The number of amides is 1. The monoisotopic (exact) mass is 439 g/mol. The van der Waals surface area contributed by atoms with Gasteiger partial charge in [-0.25, -0.2) is 0 Å². The number of methoxy groups -OCH3 is 1. The molecule has 0 aliphatic rings. The molecule has 1 aromatic heterocycles. The number of aromatic nitrogens is 1. The van der Waals surface area contributed by atoms with Crippen LogP contribution >= 0.6 is 0 Å². The highest BCUT2D eigenvalue weighted by Gasteiger charge is 2.24. The summed E-state index contributed by atoms with van der Waals surface area (Å²) in [5.41, 5.74) is 1.38. The second-order valence-corrected chi connectivity index (χ2v) is 6.69. The van der Waals surface area contributed by atoms with Gasteiger partial charge in [0.2, 0.25) is 5.76 Å². The summed E-state index contributed by atoms with van der Waals surface area (Å²) < 4.78 is 15.3. The van der Waals surface area contributed by atoms with E-state index in [1.807, 2.05) is 0 Å². The number of benzene rings is 2. The first-order valence-electron chi connectivity index (χ1n) is 9.73. The number of nitro groups is 1. The second kappa shape index (κ2) is 10.2. The minimum atomic E-state index is -0.865. The average molecular weight is 439 g/mol. The molecule has 1 atom stereocenters. The van der Waals surface area contributed by atoms with Crippen LogP contribution in [0.15, 0.2) is 59.1 Å². The number of esters is 1. The van der Waals surface area contributed by atoms with Crippen molar-refractivity contribution < 1.29 is 28.5 Å². The van der Waals surface area contributed by atoms with Crippen molar-refractivity contribution in [3.63, 3.8) is 0 Å². The first kappa shape index (κ1) is 22.5. The molecule has 0 aliphatic heterocycles. The zero-order valence-electron chi connectivity index (χ0n) is 17.4. The molecule has 1 amide bonds. The molecule has 3 aromatic rings. The molecule has 2 aromatic carbocycles. The number of hydrogen-bond donors (Lipinski definition) is 1. The maximum atomic E-state index is 12.8. The fraction of sp³-hybridized carbons (Fsp3) is 0.227. The van der Waals surface area contributed by atoms with E-state index in [-0.39, 0.29) is 24.5 Å². The molecule has 0 aliphatic carbocycles. The minimum absolute atomic E-state index is 0.0740. The highest BCUT2D eigenvalue weighted by atomic mass is 16.6. The van der Waals surface area contributed by atoms with E-state index in [1.54, 1.807) is 44.4 Å². The molecule has 0 fully saturated rings. The van der Waals surface area contributed by atoms with Crippen molar-refractivity contribution in [2.45, 2.75) is 19.4 Å². The lowest BCUT2D eigenvalue weighted by Crippen LogP contribution is -2.30. The average Bonchev–Trinajstić information content (AvgIpc) is 3.29. The van der Waals surface area contributed by atoms with E-state index < -0.39 is 22.8 Å². The summed E-state index contributed by atoms with van der Waals surface area (Å²) in [4.78, 5) is 35.4. The first-order chi connectivity index (χ1) is 15.4. The quantitative estimate of drug-likeness (QED) is 0.303. The van der Waals surface area contributed by atoms with Crippen molar-refractivity contribution in [1.82, 2.24) is 10.5 Å². The van der Waals surface area contributed by atoms with Crippen LogP contribution in [0.2, 0.25) is 0 Å². The van der Waals surface area contributed by atoms with Crippen LogP contribution in [0.1, 0.15) is 35.5 Å². The third kappa shape index (κ3) is 5.48. The van der Waals surface area contributed by atoms with Gasteiger partial charge in [0.05, 0.1) is 31.1 Å². The summed E-state index contributed by atoms with van der Waals surface area (Å²) in [5.74, 6) is -0.581. The minimum Gasteiger partial charge on any atom is -0.497 e. The van der Waals surface area contributed by atoms with Gasteiger partial charge in [-0.2, -0.15) is 0 Å². The Labute approximate surface area is 183 Å². The second-order valence-electron chi connectivity index (χ2n) is 6.69. The standard InChI is InChI=1S/C22H21N3O7/c1-3-31-21(26)13-18(15-5-4-6-16(11-15)25(28)29)23-22(27)20-12-19(24-32-20)14-7-9-17(30-2)10-8-14/h4-12,18H,3,13H2,1-2H3,(H,23,27)/t18-/m0/s1. The fourth-order valence-corrected chi connectivity index (χ4v) is 3.00. The van der Waals surface area contributed by atoms with Gasteiger partial charge in [0.15, 0.2) is 0 Å². The summed E-state index contributed by atoms with van der Waals surface area (Å²) in [7, 11) is 1.56. The van der Waals surface area contributed by atoms with E-state index in [1.165, 1.54) is 24.3 Å². The van der Waals surface area contributed by atoms with E-state index >= 15 is 0 Å². The van der Waals surface area contributed by atoms with Crippen LogP contribution < -0.4 is 10.1 Å². The zero-order valence-corrected chi connectivity index (χ0v) is 17.4. The van der Waals surface area contributed by atoms with Crippen LogP contribution in [0.5, 0.6) is 5.75 Å². The molecule has 0 saturated heterocycles. The zero-order chi connectivity index (χ0) is 23.1. The highest BCUT2D eigenvalue weighted by molar-refractivity contribution is 5.93. The van der Waals surface area contributed by atoms with Crippen molar-refractivity contribution >= 4 is 17.6 Å². The van der Waals surface area contributed by atoms with Crippen LogP contribution in [-0.2, 0) is 9.53 Å². The number of carbonyl (C=O) groups is 2. The number of carbonyl (C=O) groups excluding carboxylic acids is 2. The van der Waals surface area contributed by atoms with E-state index in [0.29, 0.717) is 17.0 Å². The van der Waals surface area contributed by atoms with Crippen LogP contribution in [0, 0.1) is 10.1 Å². The molecule has 32 heavy (non-hydrogen) atoms. The lowest BCUT2D eigenvalue weighted by Gasteiger charge is -2.17. The number of nitrogens with zero attached hydrogens (tertiary/aromatic N) is 2. The lowest BCUT2D eigenvalue weighted by atomic mass is 10.0. The topological polar surface area (TPSA) is 134 Å². The van der Waals surface area contributed by atoms with Crippen molar-refractivity contribution in [1.29, 1.82) is 0 Å². The van der Waals surface area contributed by atoms with Gasteiger partial charge in [-0.3, -0.25) is 19.7 Å². The molecule has 10 heteroatoms. The third-order valence-corrected chi connectivity index (χ3v) is 4.58. The molecular formula is C22H21N3O7. The molecule has 0 bridgehead atoms. The number of hydrogen-bond acceptors (Lipinski definition) is 8. The Morgan fingerprint density at radius 3 is 2.59 bits per heavy atom. The van der Waals surface area contributed by atoms with Gasteiger partial charge in [0, 0.05) is 23.8 Å². The van der Waals surface area contributed by atoms with Crippen LogP contribution in [0.3, 0.4) is 0 Å². The van der Waals surface area contributed by atoms with E-state index in [9.17, 15) is 19.7 Å². The highest BCUT2D eigenvalue weighted by Crippen LogP contribution is 2.25. The SMILES string of the molecule is CCOC(=O)C[C@H](NC(=O)c1cc(-c2ccc(OC)cc2)no1)c1cccc([N+](=O)[O-])c1. The molecule has 0 spiro atoms. The predicted molar refractivity (Wildman–Crippen MR) is 113 cm³/mol. The Morgan fingerprint density at radius 2 is 1.94 bits per heavy atom. The van der Waals surface area contributed by atoms with Gasteiger partial charge in [0.25, 0.3) is 11.6 Å². The van der Waals surface area contributed by atoms with Crippen molar-refractivity contribution in [3.8, 4) is 17.0 Å². The molecule has 1 N–H and O–H groups in total. The third-order valence-electron chi connectivity index (χ3n) is 4.58. The van der Waals surface area contributed by atoms with Gasteiger partial charge in [-0.1, -0.05) is 17.3 Å². The maximum absolute atomic E-state index is 12.8. The summed E-state index contributed by atoms with van der Waals surface area (Å²) >= 11 is 0. The summed E-state index contributed by atoms with van der Waals surface area (Å²) in [6.45, 7) is 1.83. The smallest absolute Gasteiger partial charge is 0.308 e. The van der Waals surface area contributed by atoms with Gasteiger partial charge in [-0.15, -0.1) is 0 Å². The number of nitrogens with one attached hydrogen (secondary N) is 1. The Balaban J connectivity index is 1.81. The summed E-state index contributed by atoms with van der Waals surface area (Å²) in [6.07, 6.45) is -0.208. The molecule has 10 nitrogen and oxygen atoms in total. The molecular weight excluding hydrogens is 418 g/mol. The number of non-ortho nitro benzene ring substituents is 1. The Morgan fingerprint density at radius 1 is 1.19 bits per heavy atom. The van der Waals surface area contributed by atoms with Gasteiger partial charge in [0.1, 0.15) is 11.4 Å². The first-order valence-corrected chi connectivity index (χ1v) is 9.73. The maximum Gasteiger partial charge on any atom is 0.308 e. The van der Waals surface area contributed by atoms with E-state index in [0.717, 1.165) is 5.56 Å². The molecule has 0 saturated carbocycles. The molecule has 0 unspecified atom stereocenters. The van der Waals surface area contributed by atoms with Gasteiger partial charge >= 0.3 is 5.97 Å². The lowest BCUT2D eigenvalue weighted by molar-refractivity contribution is -0.384. The van der Waals surface area contributed by atoms with E-state index in [2.05, 4.69) is 10.5 Å². The fourth-order valence-electron chi connectivity index (χ4n) is 3.00. The molecule has 1 heterocycles. The summed E-state index contributed by atoms with van der Waals surface area (Å²) in [5, 5.41) is 17.7. The van der Waals surface area contributed by atoms with Crippen LogP contribution in [-0.4, -0.2) is 35.7 Å². The predicted octanol–water partition coefficient (Wildman–Crippen LogP) is 3.68. The Hall–Kier alpha value is -4.21. The van der Waals surface area contributed by atoms with Crippen molar-refractivity contribution in [3.05, 3.63) is 76.0 Å². The van der Waals surface area contributed by atoms with Gasteiger partial charge in [-0.05, 0) is 36.8 Å². The molecule has 166 valence electrons. The largest absolute Gasteiger partial charge is 0.497 e. The molecule has 0 radical (unpaired) electrons. The van der Waals surface area contributed by atoms with Crippen LogP contribution in [0.25, 0.3) is 11.3 Å². The van der Waals surface area contributed by atoms with E-state index in [4.69, 9.17) is 14.0 Å². The van der Waals surface area contributed by atoms with Crippen molar-refractivity contribution in [2.24, 2.45) is 0 Å². The summed E-state index contributed by atoms with van der Waals surface area (Å²) in [6, 6.07) is 13.3. The Kier molecular flexibility index (Phi) is 7.17. The number of rotatable bonds is 9. The normalized spacial score (nSPS) is 11.4. The van der Waals surface area contributed by atoms with Gasteiger partial charge < -0.3 is 19.3 Å². The Bertz CT molecular complexity index is 1110.